The van der Waals surface area contributed by atoms with E-state index in [1.807, 2.05) is 6.07 Å². The number of thiazole rings is 1. The Bertz CT molecular complexity index is 2370. The summed E-state index contributed by atoms with van der Waals surface area (Å²) in [5, 5.41) is 22.7. The molecule has 0 radical (unpaired) electrons. The third kappa shape index (κ3) is 6.49. The molecule has 0 amide bonds. The summed E-state index contributed by atoms with van der Waals surface area (Å²) in [5.41, 5.74) is 0.449. The molecule has 0 bridgehead atoms. The largest absolute Gasteiger partial charge is 0.493 e. The zero-order valence-electron chi connectivity index (χ0n) is 26.3. The van der Waals surface area contributed by atoms with Crippen LogP contribution in [0.15, 0.2) is 106 Å². The fourth-order valence-electron chi connectivity index (χ4n) is 5.38. The fourth-order valence-corrected chi connectivity index (χ4v) is 6.38. The average Bonchev–Trinajstić information content (AvgIpc) is 3.42. The van der Waals surface area contributed by atoms with E-state index in [0.29, 0.717) is 27.2 Å². The molecule has 0 N–H and O–H groups in total. The molecule has 0 unspecified atom stereocenters. The first-order chi connectivity index (χ1) is 24.1. The van der Waals surface area contributed by atoms with E-state index >= 15 is 0 Å². The number of benzene rings is 4. The molecule has 6 rings (SSSR count). The fraction of sp³-hybridized carbons (Fsp3) is 0.114. The maximum Gasteiger partial charge on any atom is 0.338 e. The van der Waals surface area contributed by atoms with E-state index in [9.17, 15) is 34.2 Å². The molecule has 1 aliphatic heterocycles. The van der Waals surface area contributed by atoms with E-state index in [1.54, 1.807) is 49.4 Å². The number of carbonyl (C=O) groups excluding carboxylic acids is 1. The minimum atomic E-state index is -0.994. The van der Waals surface area contributed by atoms with Crippen molar-refractivity contribution in [2.75, 3.05) is 13.7 Å². The van der Waals surface area contributed by atoms with Crippen molar-refractivity contribution in [3.63, 3.8) is 0 Å². The first kappa shape index (κ1) is 33.4. The van der Waals surface area contributed by atoms with Crippen LogP contribution in [-0.2, 0) is 9.53 Å². The third-order valence-electron chi connectivity index (χ3n) is 7.61. The summed E-state index contributed by atoms with van der Waals surface area (Å²) < 4.78 is 32.3. The smallest absolute Gasteiger partial charge is 0.338 e. The van der Waals surface area contributed by atoms with Crippen molar-refractivity contribution < 1.29 is 33.2 Å². The number of ether oxygens (including phenoxy) is 3. The lowest BCUT2D eigenvalue weighted by Gasteiger charge is -2.25. The number of aromatic nitrogens is 1. The molecule has 50 heavy (non-hydrogen) atoms. The Balaban J connectivity index is 1.48. The van der Waals surface area contributed by atoms with Crippen molar-refractivity contribution in [1.29, 1.82) is 0 Å². The lowest BCUT2D eigenvalue weighted by molar-refractivity contribution is -0.394. The number of nitro groups is 2. The first-order valence-electron chi connectivity index (χ1n) is 14.9. The molecular formula is C35H25FN4O9S. The first-order valence-corrected chi connectivity index (χ1v) is 15.7. The normalized spacial score (nSPS) is 14.1. The van der Waals surface area contributed by atoms with E-state index in [0.717, 1.165) is 29.5 Å². The van der Waals surface area contributed by atoms with Gasteiger partial charge in [-0.1, -0.05) is 59.9 Å². The SMILES string of the molecule is CCOC(=O)C1=C(c2ccccc2)N=c2s/c(=C\c3ccc(Oc4ccc([N+](=O)[O-])cc4[N+](=O)[O-])c(OC)c3)c(=O)n2[C@@H]1c1ccc(F)cc1. The van der Waals surface area contributed by atoms with Gasteiger partial charge in [0.25, 0.3) is 11.2 Å². The van der Waals surface area contributed by atoms with Gasteiger partial charge in [-0.15, -0.1) is 0 Å². The van der Waals surface area contributed by atoms with Crippen LogP contribution in [0.5, 0.6) is 17.2 Å². The van der Waals surface area contributed by atoms with Gasteiger partial charge in [0.05, 0.1) is 51.5 Å². The van der Waals surface area contributed by atoms with E-state index in [1.165, 1.54) is 42.0 Å². The number of rotatable bonds is 10. The number of esters is 1. The van der Waals surface area contributed by atoms with Crippen LogP contribution in [0.1, 0.15) is 29.7 Å². The van der Waals surface area contributed by atoms with Gasteiger partial charge in [0.2, 0.25) is 5.75 Å². The summed E-state index contributed by atoms with van der Waals surface area (Å²) in [7, 11) is 1.36. The van der Waals surface area contributed by atoms with E-state index < -0.39 is 44.6 Å². The summed E-state index contributed by atoms with van der Waals surface area (Å²) in [4.78, 5) is 54.0. The molecule has 0 saturated heterocycles. The number of nitrogens with zero attached hydrogens (tertiary/aromatic N) is 4. The second-order valence-electron chi connectivity index (χ2n) is 10.7. The Morgan fingerprint density at radius 2 is 1.68 bits per heavy atom. The Labute approximate surface area is 285 Å². The van der Waals surface area contributed by atoms with Crippen molar-refractivity contribution in [3.05, 3.63) is 159 Å². The van der Waals surface area contributed by atoms with Gasteiger partial charge in [-0.2, -0.15) is 0 Å². The maximum absolute atomic E-state index is 14.1. The van der Waals surface area contributed by atoms with Crippen LogP contribution in [0.4, 0.5) is 15.8 Å². The Kier molecular flexibility index (Phi) is 9.32. The van der Waals surface area contributed by atoms with Crippen LogP contribution in [-0.4, -0.2) is 34.1 Å². The maximum atomic E-state index is 14.1. The summed E-state index contributed by atoms with van der Waals surface area (Å²) >= 11 is 1.08. The molecule has 15 heteroatoms. The van der Waals surface area contributed by atoms with Gasteiger partial charge in [-0.25, -0.2) is 14.2 Å². The number of non-ortho nitro benzene ring substituents is 1. The van der Waals surface area contributed by atoms with E-state index in [4.69, 9.17) is 19.2 Å². The summed E-state index contributed by atoms with van der Waals surface area (Å²) in [6.07, 6.45) is 1.59. The molecule has 0 fully saturated rings. The standard InChI is InChI=1S/C35H25FN4O9S/c1-3-48-34(42)30-31(21-7-5-4-6-8-21)37-35-38(32(30)22-10-12-23(36)13-11-22)33(41)29(50-35)18-20-9-15-27(28(17-20)47-2)49-26-16-14-24(39(43)44)19-25(26)40(45)46/h4-19,32H,3H2,1-2H3/b29-18-/t32-/m1/s1. The quantitative estimate of drug-likeness (QED) is 0.101. The van der Waals surface area contributed by atoms with Crippen molar-refractivity contribution in [2.45, 2.75) is 13.0 Å². The van der Waals surface area contributed by atoms with Crippen molar-refractivity contribution in [2.24, 2.45) is 4.99 Å². The van der Waals surface area contributed by atoms with Crippen LogP contribution >= 0.6 is 11.3 Å². The van der Waals surface area contributed by atoms with E-state index in [2.05, 4.69) is 0 Å². The van der Waals surface area contributed by atoms with E-state index in [-0.39, 0.29) is 34.0 Å². The van der Waals surface area contributed by atoms with Crippen LogP contribution in [0, 0.1) is 26.0 Å². The zero-order valence-corrected chi connectivity index (χ0v) is 27.1. The van der Waals surface area contributed by atoms with Crippen LogP contribution in [0.2, 0.25) is 0 Å². The molecule has 1 atom stereocenters. The molecule has 252 valence electrons. The number of hydrogen-bond donors (Lipinski definition) is 0. The van der Waals surface area contributed by atoms with Crippen molar-refractivity contribution >= 4 is 40.5 Å². The molecule has 4 aromatic carbocycles. The summed E-state index contributed by atoms with van der Waals surface area (Å²) in [6, 6.07) is 21.1. The van der Waals surface area contributed by atoms with Gasteiger partial charge in [-0.3, -0.25) is 29.6 Å². The second-order valence-corrected chi connectivity index (χ2v) is 11.7. The predicted octanol–water partition coefficient (Wildman–Crippen LogP) is 5.69. The molecule has 1 aromatic heterocycles. The molecular weight excluding hydrogens is 671 g/mol. The number of methoxy groups -OCH3 is 1. The highest BCUT2D eigenvalue weighted by atomic mass is 32.1. The minimum absolute atomic E-state index is 0.0735. The number of halogens is 1. The monoisotopic (exact) mass is 696 g/mol. The topological polar surface area (TPSA) is 165 Å². The predicted molar refractivity (Wildman–Crippen MR) is 180 cm³/mol. The Hall–Kier alpha value is -6.48. The van der Waals surface area contributed by atoms with Crippen LogP contribution in [0.3, 0.4) is 0 Å². The molecule has 5 aromatic rings. The molecule has 2 heterocycles. The van der Waals surface area contributed by atoms with Gasteiger partial charge < -0.3 is 14.2 Å². The average molecular weight is 697 g/mol. The van der Waals surface area contributed by atoms with Gasteiger partial charge >= 0.3 is 11.7 Å². The number of carbonyl (C=O) groups is 1. The minimum Gasteiger partial charge on any atom is -0.493 e. The van der Waals surface area contributed by atoms with Gasteiger partial charge in [0, 0.05) is 11.6 Å². The summed E-state index contributed by atoms with van der Waals surface area (Å²) in [5.74, 6) is -1.18. The molecule has 1 aliphatic rings. The molecule has 0 aliphatic carbocycles. The molecule has 13 nitrogen and oxygen atoms in total. The lowest BCUT2D eigenvalue weighted by atomic mass is 9.93. The number of fused-ring (bicyclic) bond motifs is 1. The van der Waals surface area contributed by atoms with Gasteiger partial charge in [0.15, 0.2) is 16.3 Å². The Morgan fingerprint density at radius 3 is 2.34 bits per heavy atom. The van der Waals surface area contributed by atoms with Gasteiger partial charge in [0.1, 0.15) is 5.82 Å². The molecule has 0 saturated carbocycles. The van der Waals surface area contributed by atoms with Crippen LogP contribution in [0.25, 0.3) is 11.8 Å². The van der Waals surface area contributed by atoms with Crippen molar-refractivity contribution in [3.8, 4) is 17.2 Å². The highest BCUT2D eigenvalue weighted by Crippen LogP contribution is 2.39. The lowest BCUT2D eigenvalue weighted by Crippen LogP contribution is -2.40. The zero-order chi connectivity index (χ0) is 35.5. The highest BCUT2D eigenvalue weighted by Gasteiger charge is 2.35. The Morgan fingerprint density at radius 1 is 0.960 bits per heavy atom. The van der Waals surface area contributed by atoms with Crippen molar-refractivity contribution in [1.82, 2.24) is 4.57 Å². The summed E-state index contributed by atoms with van der Waals surface area (Å²) in [6.45, 7) is 1.74. The number of hydrogen-bond acceptors (Lipinski definition) is 11. The van der Waals surface area contributed by atoms with Gasteiger partial charge in [-0.05, 0) is 54.5 Å². The highest BCUT2D eigenvalue weighted by molar-refractivity contribution is 7.07. The second kappa shape index (κ2) is 13.9. The number of nitro benzene ring substituents is 2. The molecule has 0 spiro atoms. The third-order valence-corrected chi connectivity index (χ3v) is 8.60. The van der Waals surface area contributed by atoms with Crippen LogP contribution < -0.4 is 24.4 Å².